The summed E-state index contributed by atoms with van der Waals surface area (Å²) in [6.45, 7) is 5.45. The highest BCUT2D eigenvalue weighted by molar-refractivity contribution is 5.81. The van der Waals surface area contributed by atoms with Crippen LogP contribution in [0.1, 0.15) is 43.9 Å². The van der Waals surface area contributed by atoms with Crippen molar-refractivity contribution in [2.24, 2.45) is 5.10 Å². The molecule has 19 heavy (non-hydrogen) atoms. The van der Waals surface area contributed by atoms with Gasteiger partial charge in [-0.3, -0.25) is 0 Å². The fourth-order valence-electron chi connectivity index (χ4n) is 2.13. The molecule has 4 nitrogen and oxygen atoms in total. The maximum absolute atomic E-state index is 11.4. The molecule has 1 aromatic carbocycles. The summed E-state index contributed by atoms with van der Waals surface area (Å²) in [6.07, 6.45) is 4.64. The molecule has 0 aliphatic heterocycles. The summed E-state index contributed by atoms with van der Waals surface area (Å²) < 4.78 is 5.09. The zero-order chi connectivity index (χ0) is 13.9. The van der Waals surface area contributed by atoms with E-state index < -0.39 is 11.7 Å². The van der Waals surface area contributed by atoms with Crippen molar-refractivity contribution in [3.8, 4) is 0 Å². The number of hydrogen-bond acceptors (Lipinski definition) is 3. The van der Waals surface area contributed by atoms with Crippen LogP contribution in [0.25, 0.3) is 0 Å². The van der Waals surface area contributed by atoms with Crippen LogP contribution in [-0.2, 0) is 17.6 Å². The monoisotopic (exact) mass is 260 g/mol. The Morgan fingerprint density at radius 1 is 1.32 bits per heavy atom. The van der Waals surface area contributed by atoms with Crippen molar-refractivity contribution in [3.05, 3.63) is 34.9 Å². The van der Waals surface area contributed by atoms with Crippen molar-refractivity contribution in [3.63, 3.8) is 0 Å². The number of amides is 1. The Labute approximate surface area is 113 Å². The van der Waals surface area contributed by atoms with Crippen LogP contribution in [0.5, 0.6) is 0 Å². The molecule has 102 valence electrons. The number of nitrogens with one attached hydrogen (secondary N) is 1. The van der Waals surface area contributed by atoms with Crippen molar-refractivity contribution in [2.45, 2.75) is 45.6 Å². The van der Waals surface area contributed by atoms with Gasteiger partial charge in [-0.2, -0.15) is 5.10 Å². The Morgan fingerprint density at radius 3 is 2.79 bits per heavy atom. The van der Waals surface area contributed by atoms with E-state index in [0.717, 1.165) is 12.0 Å². The molecule has 0 aromatic heterocycles. The van der Waals surface area contributed by atoms with Crippen molar-refractivity contribution in [1.82, 2.24) is 5.43 Å². The normalized spacial score (nSPS) is 14.5. The minimum Gasteiger partial charge on any atom is -0.443 e. The van der Waals surface area contributed by atoms with Crippen LogP contribution in [0.2, 0.25) is 0 Å². The van der Waals surface area contributed by atoms with E-state index in [0.29, 0.717) is 0 Å². The zero-order valence-corrected chi connectivity index (χ0v) is 11.7. The van der Waals surface area contributed by atoms with Gasteiger partial charge in [-0.15, -0.1) is 0 Å². The first-order chi connectivity index (χ1) is 8.94. The molecule has 0 fully saturated rings. The van der Waals surface area contributed by atoms with E-state index in [-0.39, 0.29) is 0 Å². The SMILES string of the molecule is CC(C)(C)OC(=O)NN=Cc1ccc2c(c1)CCC2. The Kier molecular flexibility index (Phi) is 3.88. The van der Waals surface area contributed by atoms with Gasteiger partial charge in [-0.05, 0) is 62.8 Å². The Balaban J connectivity index is 1.91. The largest absolute Gasteiger partial charge is 0.443 e. The molecule has 4 heteroatoms. The minimum absolute atomic E-state index is 0.507. The molecular weight excluding hydrogens is 240 g/mol. The standard InChI is InChI=1S/C15H20N2O2/c1-15(2,3)19-14(18)17-16-10-11-7-8-12-5-4-6-13(12)9-11/h7-10H,4-6H2,1-3H3,(H,17,18). The van der Waals surface area contributed by atoms with E-state index >= 15 is 0 Å². The molecule has 0 saturated carbocycles. The van der Waals surface area contributed by atoms with Crippen molar-refractivity contribution >= 4 is 12.3 Å². The van der Waals surface area contributed by atoms with Gasteiger partial charge in [0.15, 0.2) is 0 Å². The third-order valence-electron chi connectivity index (χ3n) is 2.89. The quantitative estimate of drug-likeness (QED) is 0.656. The molecule has 1 amide bonds. The summed E-state index contributed by atoms with van der Waals surface area (Å²) in [5.41, 5.74) is 5.67. The summed E-state index contributed by atoms with van der Waals surface area (Å²) in [4.78, 5) is 11.4. The molecule has 1 aliphatic rings. The maximum atomic E-state index is 11.4. The van der Waals surface area contributed by atoms with Gasteiger partial charge in [0.2, 0.25) is 0 Å². The first-order valence-electron chi connectivity index (χ1n) is 6.58. The van der Waals surface area contributed by atoms with Gasteiger partial charge < -0.3 is 4.74 Å². The predicted molar refractivity (Wildman–Crippen MR) is 75.4 cm³/mol. The molecule has 0 spiro atoms. The van der Waals surface area contributed by atoms with Crippen LogP contribution in [0.4, 0.5) is 4.79 Å². The van der Waals surface area contributed by atoms with Crippen LogP contribution in [-0.4, -0.2) is 17.9 Å². The molecule has 0 atom stereocenters. The fourth-order valence-corrected chi connectivity index (χ4v) is 2.13. The van der Waals surface area contributed by atoms with Crippen LogP contribution in [0.3, 0.4) is 0 Å². The Hall–Kier alpha value is -1.84. The molecular formula is C15H20N2O2. The third-order valence-corrected chi connectivity index (χ3v) is 2.89. The number of nitrogens with zero attached hydrogens (tertiary/aromatic N) is 1. The summed E-state index contributed by atoms with van der Waals surface area (Å²) in [5, 5.41) is 3.90. The van der Waals surface area contributed by atoms with Gasteiger partial charge in [0.1, 0.15) is 5.60 Å². The number of carbonyl (C=O) groups is 1. The Bertz CT molecular complexity index is 501. The first-order valence-corrected chi connectivity index (χ1v) is 6.58. The molecule has 1 aliphatic carbocycles. The van der Waals surface area contributed by atoms with Crippen LogP contribution >= 0.6 is 0 Å². The van der Waals surface area contributed by atoms with E-state index in [4.69, 9.17) is 4.74 Å². The fraction of sp³-hybridized carbons (Fsp3) is 0.467. The van der Waals surface area contributed by atoms with Gasteiger partial charge in [0.25, 0.3) is 0 Å². The maximum Gasteiger partial charge on any atom is 0.428 e. The summed E-state index contributed by atoms with van der Waals surface area (Å²) >= 11 is 0. The predicted octanol–water partition coefficient (Wildman–Crippen LogP) is 3.03. The molecule has 0 saturated heterocycles. The lowest BCUT2D eigenvalue weighted by molar-refractivity contribution is 0.0529. The molecule has 2 rings (SSSR count). The number of carbonyl (C=O) groups excluding carboxylic acids is 1. The lowest BCUT2D eigenvalue weighted by Crippen LogP contribution is -2.29. The molecule has 1 N–H and O–H groups in total. The van der Waals surface area contributed by atoms with Gasteiger partial charge in [0, 0.05) is 0 Å². The van der Waals surface area contributed by atoms with E-state index in [1.165, 1.54) is 24.0 Å². The van der Waals surface area contributed by atoms with Gasteiger partial charge >= 0.3 is 6.09 Å². The highest BCUT2D eigenvalue weighted by Crippen LogP contribution is 2.22. The lowest BCUT2D eigenvalue weighted by Gasteiger charge is -2.18. The first kappa shape index (κ1) is 13.6. The van der Waals surface area contributed by atoms with Gasteiger partial charge in [-0.1, -0.05) is 12.1 Å². The van der Waals surface area contributed by atoms with Gasteiger partial charge in [0.05, 0.1) is 6.21 Å². The average Bonchev–Trinajstić information content (AvgIpc) is 2.73. The molecule has 0 radical (unpaired) electrons. The van der Waals surface area contributed by atoms with E-state index in [1.54, 1.807) is 6.21 Å². The van der Waals surface area contributed by atoms with Crippen molar-refractivity contribution in [1.29, 1.82) is 0 Å². The lowest BCUT2D eigenvalue weighted by atomic mass is 10.1. The number of fused-ring (bicyclic) bond motifs is 1. The average molecular weight is 260 g/mol. The summed E-state index contributed by atoms with van der Waals surface area (Å²) in [7, 11) is 0. The van der Waals surface area contributed by atoms with Crippen molar-refractivity contribution in [2.75, 3.05) is 0 Å². The zero-order valence-electron chi connectivity index (χ0n) is 11.7. The van der Waals surface area contributed by atoms with E-state index in [1.807, 2.05) is 26.8 Å². The highest BCUT2D eigenvalue weighted by atomic mass is 16.6. The van der Waals surface area contributed by atoms with Crippen LogP contribution < -0.4 is 5.43 Å². The smallest absolute Gasteiger partial charge is 0.428 e. The number of benzene rings is 1. The topological polar surface area (TPSA) is 50.7 Å². The number of aryl methyl sites for hydroxylation is 2. The second kappa shape index (κ2) is 5.43. The molecule has 1 aromatic rings. The highest BCUT2D eigenvalue weighted by Gasteiger charge is 2.15. The van der Waals surface area contributed by atoms with Gasteiger partial charge in [-0.25, -0.2) is 10.2 Å². The molecule has 0 unspecified atom stereocenters. The van der Waals surface area contributed by atoms with Crippen molar-refractivity contribution < 1.29 is 9.53 Å². The molecule has 0 bridgehead atoms. The second-order valence-electron chi connectivity index (χ2n) is 5.75. The number of ether oxygens (including phenoxy) is 1. The Morgan fingerprint density at radius 2 is 2.05 bits per heavy atom. The summed E-state index contributed by atoms with van der Waals surface area (Å²) in [5.74, 6) is 0. The molecule has 0 heterocycles. The summed E-state index contributed by atoms with van der Waals surface area (Å²) in [6, 6.07) is 6.28. The van der Waals surface area contributed by atoms with E-state index in [9.17, 15) is 4.79 Å². The van der Waals surface area contributed by atoms with Crippen LogP contribution in [0.15, 0.2) is 23.3 Å². The second-order valence-corrected chi connectivity index (χ2v) is 5.75. The number of hydrogen-bond donors (Lipinski definition) is 1. The number of rotatable bonds is 2. The van der Waals surface area contributed by atoms with Crippen LogP contribution in [0, 0.1) is 0 Å². The number of hydrazone groups is 1. The van der Waals surface area contributed by atoms with E-state index in [2.05, 4.69) is 22.7 Å². The minimum atomic E-state index is -0.537. The third kappa shape index (κ3) is 4.09.